The van der Waals surface area contributed by atoms with Gasteiger partial charge in [0.05, 0.1) is 30.0 Å². The van der Waals surface area contributed by atoms with E-state index in [0.717, 1.165) is 0 Å². The number of hydrogen-bond donors (Lipinski definition) is 2. The van der Waals surface area contributed by atoms with Crippen molar-refractivity contribution in [1.82, 2.24) is 9.97 Å². The average molecular weight is 379 g/mol. The van der Waals surface area contributed by atoms with Gasteiger partial charge < -0.3 is 20.1 Å². The standard InChI is InChI=1S/C17H19ClN4O4/c1-10-8-14(22-17(20-10)19-6-7-25-2)15(23)21-13-9-11(16(24)26-3)4-5-12(13)18/h4-5,8-9H,6-7H2,1-3H3,(H,21,23)(H,19,20,22). The van der Waals surface area contributed by atoms with Crippen molar-refractivity contribution in [2.24, 2.45) is 0 Å². The van der Waals surface area contributed by atoms with Gasteiger partial charge in [0.1, 0.15) is 5.69 Å². The highest BCUT2D eigenvalue weighted by molar-refractivity contribution is 6.34. The van der Waals surface area contributed by atoms with Crippen LogP contribution in [0.2, 0.25) is 5.02 Å². The number of ether oxygens (including phenoxy) is 2. The molecule has 2 rings (SSSR count). The Bertz CT molecular complexity index is 813. The van der Waals surface area contributed by atoms with Crippen LogP contribution >= 0.6 is 11.6 Å². The van der Waals surface area contributed by atoms with E-state index in [-0.39, 0.29) is 22.0 Å². The van der Waals surface area contributed by atoms with E-state index in [4.69, 9.17) is 16.3 Å². The molecule has 0 spiro atoms. The summed E-state index contributed by atoms with van der Waals surface area (Å²) in [6, 6.07) is 6.01. The Kier molecular flexibility index (Phi) is 6.88. The van der Waals surface area contributed by atoms with Gasteiger partial charge in [-0.15, -0.1) is 0 Å². The first-order valence-electron chi connectivity index (χ1n) is 7.72. The molecule has 0 radical (unpaired) electrons. The molecule has 1 aromatic carbocycles. The number of benzene rings is 1. The van der Waals surface area contributed by atoms with Crippen molar-refractivity contribution >= 4 is 35.1 Å². The number of amides is 1. The Morgan fingerprint density at radius 1 is 1.19 bits per heavy atom. The summed E-state index contributed by atoms with van der Waals surface area (Å²) >= 11 is 6.10. The van der Waals surface area contributed by atoms with Crippen LogP contribution in [0.5, 0.6) is 0 Å². The van der Waals surface area contributed by atoms with Gasteiger partial charge >= 0.3 is 5.97 Å². The van der Waals surface area contributed by atoms with Crippen molar-refractivity contribution in [2.45, 2.75) is 6.92 Å². The van der Waals surface area contributed by atoms with Crippen LogP contribution in [0.4, 0.5) is 11.6 Å². The molecular formula is C17H19ClN4O4. The van der Waals surface area contributed by atoms with Crippen molar-refractivity contribution in [3.05, 3.63) is 46.2 Å². The Hall–Kier alpha value is -2.71. The molecule has 1 aromatic heterocycles. The molecule has 0 aliphatic rings. The van der Waals surface area contributed by atoms with E-state index in [9.17, 15) is 9.59 Å². The number of anilines is 2. The Balaban J connectivity index is 2.20. The molecular weight excluding hydrogens is 360 g/mol. The van der Waals surface area contributed by atoms with Gasteiger partial charge in [-0.05, 0) is 31.2 Å². The lowest BCUT2D eigenvalue weighted by Crippen LogP contribution is -2.18. The number of nitrogens with zero attached hydrogens (tertiary/aromatic N) is 2. The quantitative estimate of drug-likeness (QED) is 0.563. The number of carbonyl (C=O) groups excluding carboxylic acids is 2. The first kappa shape index (κ1) is 19.6. The van der Waals surface area contributed by atoms with E-state index >= 15 is 0 Å². The van der Waals surface area contributed by atoms with Crippen LogP contribution in [-0.2, 0) is 9.47 Å². The topological polar surface area (TPSA) is 102 Å². The van der Waals surface area contributed by atoms with Crippen LogP contribution in [0.3, 0.4) is 0 Å². The number of aromatic nitrogens is 2. The summed E-state index contributed by atoms with van der Waals surface area (Å²) in [5.74, 6) is -0.685. The number of hydrogen-bond acceptors (Lipinski definition) is 7. The molecule has 0 unspecified atom stereocenters. The van der Waals surface area contributed by atoms with E-state index in [2.05, 4.69) is 25.3 Å². The van der Waals surface area contributed by atoms with Crippen LogP contribution in [-0.4, -0.2) is 49.2 Å². The summed E-state index contributed by atoms with van der Waals surface area (Å²) in [4.78, 5) is 32.5. The number of halogens is 1. The van der Waals surface area contributed by atoms with Crippen LogP contribution in [0, 0.1) is 6.92 Å². The van der Waals surface area contributed by atoms with E-state index in [1.807, 2.05) is 0 Å². The van der Waals surface area contributed by atoms with E-state index in [0.29, 0.717) is 24.8 Å². The average Bonchev–Trinajstić information content (AvgIpc) is 2.62. The summed E-state index contributed by atoms with van der Waals surface area (Å²) in [6.07, 6.45) is 0. The molecule has 8 nitrogen and oxygen atoms in total. The minimum absolute atomic E-state index is 0.164. The summed E-state index contributed by atoms with van der Waals surface area (Å²) in [5, 5.41) is 5.91. The van der Waals surface area contributed by atoms with Crippen LogP contribution < -0.4 is 10.6 Å². The molecule has 0 saturated heterocycles. The minimum atomic E-state index is -0.528. The fourth-order valence-corrected chi connectivity index (χ4v) is 2.25. The summed E-state index contributed by atoms with van der Waals surface area (Å²) in [7, 11) is 2.86. The maximum absolute atomic E-state index is 12.5. The highest BCUT2D eigenvalue weighted by Gasteiger charge is 2.15. The number of aryl methyl sites for hydroxylation is 1. The number of carbonyl (C=O) groups is 2. The summed E-state index contributed by atoms with van der Waals surface area (Å²) in [5.41, 5.74) is 1.34. The van der Waals surface area contributed by atoms with E-state index in [1.54, 1.807) is 20.1 Å². The zero-order valence-corrected chi connectivity index (χ0v) is 15.4. The second-order valence-electron chi connectivity index (χ2n) is 5.28. The third kappa shape index (κ3) is 5.14. The molecule has 1 amide bonds. The van der Waals surface area contributed by atoms with Gasteiger partial charge in [0, 0.05) is 19.3 Å². The highest BCUT2D eigenvalue weighted by atomic mass is 35.5. The van der Waals surface area contributed by atoms with Crippen molar-refractivity contribution < 1.29 is 19.1 Å². The molecule has 9 heteroatoms. The zero-order chi connectivity index (χ0) is 19.1. The third-order valence-corrected chi connectivity index (χ3v) is 3.64. The molecule has 2 aromatic rings. The number of nitrogens with one attached hydrogen (secondary N) is 2. The van der Waals surface area contributed by atoms with Crippen LogP contribution in [0.1, 0.15) is 26.5 Å². The lowest BCUT2D eigenvalue weighted by Gasteiger charge is -2.10. The molecule has 2 N–H and O–H groups in total. The second kappa shape index (κ2) is 9.12. The van der Waals surface area contributed by atoms with Crippen molar-refractivity contribution in [3.8, 4) is 0 Å². The monoisotopic (exact) mass is 378 g/mol. The maximum atomic E-state index is 12.5. The lowest BCUT2D eigenvalue weighted by molar-refractivity contribution is 0.0600. The number of esters is 1. The van der Waals surface area contributed by atoms with Gasteiger partial charge in [0.25, 0.3) is 5.91 Å². The number of rotatable bonds is 7. The predicted molar refractivity (Wildman–Crippen MR) is 97.9 cm³/mol. The molecule has 0 aliphatic carbocycles. The molecule has 1 heterocycles. The van der Waals surface area contributed by atoms with E-state index in [1.165, 1.54) is 25.3 Å². The Morgan fingerprint density at radius 3 is 2.65 bits per heavy atom. The summed E-state index contributed by atoms with van der Waals surface area (Å²) in [6.45, 7) is 2.74. The van der Waals surface area contributed by atoms with Crippen LogP contribution in [0.15, 0.2) is 24.3 Å². The van der Waals surface area contributed by atoms with Gasteiger partial charge in [-0.25, -0.2) is 14.8 Å². The largest absolute Gasteiger partial charge is 0.465 e. The van der Waals surface area contributed by atoms with Gasteiger partial charge in [-0.2, -0.15) is 0 Å². The van der Waals surface area contributed by atoms with Crippen molar-refractivity contribution in [1.29, 1.82) is 0 Å². The van der Waals surface area contributed by atoms with Gasteiger partial charge in [0.2, 0.25) is 5.95 Å². The smallest absolute Gasteiger partial charge is 0.337 e. The minimum Gasteiger partial charge on any atom is -0.465 e. The molecule has 0 aliphatic heterocycles. The Morgan fingerprint density at radius 2 is 1.96 bits per heavy atom. The predicted octanol–water partition coefficient (Wildman–Crippen LogP) is 2.54. The highest BCUT2D eigenvalue weighted by Crippen LogP contribution is 2.24. The van der Waals surface area contributed by atoms with E-state index < -0.39 is 11.9 Å². The second-order valence-corrected chi connectivity index (χ2v) is 5.69. The van der Waals surface area contributed by atoms with Crippen molar-refractivity contribution in [2.75, 3.05) is 38.0 Å². The fraction of sp³-hybridized carbons (Fsp3) is 0.294. The van der Waals surface area contributed by atoms with Gasteiger partial charge in [0.15, 0.2) is 0 Å². The zero-order valence-electron chi connectivity index (χ0n) is 14.6. The maximum Gasteiger partial charge on any atom is 0.337 e. The van der Waals surface area contributed by atoms with Gasteiger partial charge in [-0.3, -0.25) is 4.79 Å². The molecule has 0 fully saturated rings. The normalized spacial score (nSPS) is 10.3. The molecule has 0 atom stereocenters. The van der Waals surface area contributed by atoms with Crippen molar-refractivity contribution in [3.63, 3.8) is 0 Å². The Labute approximate surface area is 155 Å². The molecule has 0 saturated carbocycles. The molecule has 26 heavy (non-hydrogen) atoms. The number of methoxy groups -OCH3 is 2. The first-order valence-corrected chi connectivity index (χ1v) is 8.10. The lowest BCUT2D eigenvalue weighted by atomic mass is 10.2. The van der Waals surface area contributed by atoms with Gasteiger partial charge in [-0.1, -0.05) is 11.6 Å². The van der Waals surface area contributed by atoms with Crippen LogP contribution in [0.25, 0.3) is 0 Å². The fourth-order valence-electron chi connectivity index (χ4n) is 2.08. The molecule has 0 bridgehead atoms. The SMILES string of the molecule is COCCNc1nc(C)cc(C(=O)Nc2cc(C(=O)OC)ccc2Cl)n1. The third-order valence-electron chi connectivity index (χ3n) is 3.31. The molecule has 138 valence electrons. The first-order chi connectivity index (χ1) is 12.4. The summed E-state index contributed by atoms with van der Waals surface area (Å²) < 4.78 is 9.62.